The minimum absolute atomic E-state index is 0.215. The normalized spacial score (nSPS) is 10.4. The highest BCUT2D eigenvalue weighted by molar-refractivity contribution is 7.80. The van der Waals surface area contributed by atoms with Gasteiger partial charge in [-0.1, -0.05) is 42.5 Å². The van der Waals surface area contributed by atoms with Gasteiger partial charge in [0.2, 0.25) is 0 Å². The molecule has 4 heteroatoms. The highest BCUT2D eigenvalue weighted by atomic mass is 32.1. The second-order valence-corrected chi connectivity index (χ2v) is 6.14. The van der Waals surface area contributed by atoms with E-state index in [1.54, 1.807) is 6.07 Å². The van der Waals surface area contributed by atoms with E-state index in [1.807, 2.05) is 61.5 Å². The molecule has 0 spiro atoms. The SMILES string of the molecule is Cc1ccc(NC(=S)NC(=O)c2cccc3ccccc23)cc1C. The summed E-state index contributed by atoms with van der Waals surface area (Å²) in [5.74, 6) is -0.215. The number of fused-ring (bicyclic) bond motifs is 1. The Morgan fingerprint density at radius 1 is 0.917 bits per heavy atom. The predicted octanol–water partition coefficient (Wildman–Crippen LogP) is 4.58. The fourth-order valence-electron chi connectivity index (χ4n) is 2.58. The predicted molar refractivity (Wildman–Crippen MR) is 104 cm³/mol. The molecule has 0 bridgehead atoms. The molecule has 1 amide bonds. The zero-order chi connectivity index (χ0) is 17.1. The van der Waals surface area contributed by atoms with E-state index in [0.717, 1.165) is 16.5 Å². The van der Waals surface area contributed by atoms with Crippen molar-refractivity contribution in [1.29, 1.82) is 0 Å². The number of thiocarbonyl (C=S) groups is 1. The molecule has 0 heterocycles. The van der Waals surface area contributed by atoms with E-state index in [-0.39, 0.29) is 11.0 Å². The summed E-state index contributed by atoms with van der Waals surface area (Å²) in [5, 5.41) is 8.03. The van der Waals surface area contributed by atoms with Crippen LogP contribution in [0.15, 0.2) is 60.7 Å². The van der Waals surface area contributed by atoms with Gasteiger partial charge in [0.1, 0.15) is 0 Å². The number of nitrogens with one attached hydrogen (secondary N) is 2. The first-order valence-electron chi connectivity index (χ1n) is 7.72. The maximum Gasteiger partial charge on any atom is 0.258 e. The highest BCUT2D eigenvalue weighted by Crippen LogP contribution is 2.18. The van der Waals surface area contributed by atoms with E-state index >= 15 is 0 Å². The van der Waals surface area contributed by atoms with Crippen LogP contribution in [-0.2, 0) is 0 Å². The first-order chi connectivity index (χ1) is 11.5. The lowest BCUT2D eigenvalue weighted by Gasteiger charge is -2.12. The average Bonchev–Trinajstić information content (AvgIpc) is 2.57. The highest BCUT2D eigenvalue weighted by Gasteiger charge is 2.11. The van der Waals surface area contributed by atoms with Crippen molar-refractivity contribution in [2.45, 2.75) is 13.8 Å². The molecule has 0 aromatic heterocycles. The molecule has 0 aliphatic rings. The molecular formula is C20H18N2OS. The summed E-state index contributed by atoms with van der Waals surface area (Å²) < 4.78 is 0. The number of anilines is 1. The van der Waals surface area contributed by atoms with Crippen molar-refractivity contribution in [1.82, 2.24) is 5.32 Å². The van der Waals surface area contributed by atoms with Gasteiger partial charge in [0, 0.05) is 11.3 Å². The third-order valence-corrected chi connectivity index (χ3v) is 4.23. The zero-order valence-electron chi connectivity index (χ0n) is 13.6. The van der Waals surface area contributed by atoms with E-state index in [1.165, 1.54) is 11.1 Å². The molecule has 0 atom stereocenters. The second kappa shape index (κ2) is 6.81. The van der Waals surface area contributed by atoms with Crippen LogP contribution in [0.3, 0.4) is 0 Å². The van der Waals surface area contributed by atoms with E-state index in [0.29, 0.717) is 5.56 Å². The molecule has 3 nitrogen and oxygen atoms in total. The molecule has 0 fully saturated rings. The van der Waals surface area contributed by atoms with Crippen molar-refractivity contribution < 1.29 is 4.79 Å². The first kappa shape index (κ1) is 16.1. The van der Waals surface area contributed by atoms with Gasteiger partial charge in [-0.15, -0.1) is 0 Å². The van der Waals surface area contributed by atoms with Gasteiger partial charge in [0.05, 0.1) is 0 Å². The Morgan fingerprint density at radius 3 is 2.46 bits per heavy atom. The first-order valence-corrected chi connectivity index (χ1v) is 8.13. The number of hydrogen-bond acceptors (Lipinski definition) is 2. The molecular weight excluding hydrogens is 316 g/mol. The molecule has 3 aromatic rings. The Hall–Kier alpha value is -2.72. The van der Waals surface area contributed by atoms with Crippen molar-refractivity contribution in [3.63, 3.8) is 0 Å². The van der Waals surface area contributed by atoms with Gasteiger partial charge in [0.25, 0.3) is 5.91 Å². The topological polar surface area (TPSA) is 41.1 Å². The molecule has 0 saturated heterocycles. The summed E-state index contributed by atoms with van der Waals surface area (Å²) in [5.41, 5.74) is 3.85. The Kier molecular flexibility index (Phi) is 4.58. The lowest BCUT2D eigenvalue weighted by molar-refractivity contribution is 0.0979. The van der Waals surface area contributed by atoms with Crippen LogP contribution in [-0.4, -0.2) is 11.0 Å². The van der Waals surface area contributed by atoms with Crippen LogP contribution in [0.4, 0.5) is 5.69 Å². The van der Waals surface area contributed by atoms with E-state index in [2.05, 4.69) is 17.6 Å². The van der Waals surface area contributed by atoms with E-state index in [4.69, 9.17) is 12.2 Å². The summed E-state index contributed by atoms with van der Waals surface area (Å²) in [4.78, 5) is 12.5. The van der Waals surface area contributed by atoms with Crippen molar-refractivity contribution >= 4 is 39.7 Å². The number of benzene rings is 3. The number of hydrogen-bond donors (Lipinski definition) is 2. The quantitative estimate of drug-likeness (QED) is 0.674. The third kappa shape index (κ3) is 3.44. The lowest BCUT2D eigenvalue weighted by Crippen LogP contribution is -2.34. The number of aryl methyl sites for hydroxylation is 2. The van der Waals surface area contributed by atoms with Crippen molar-refractivity contribution in [2.24, 2.45) is 0 Å². The Morgan fingerprint density at radius 2 is 1.67 bits per heavy atom. The standard InChI is InChI=1S/C20H18N2OS/c1-13-10-11-16(12-14(13)2)21-20(24)22-19(23)18-9-5-7-15-6-3-4-8-17(15)18/h3-12H,1-2H3,(H2,21,22,23,24). The summed E-state index contributed by atoms with van der Waals surface area (Å²) in [6.07, 6.45) is 0. The van der Waals surface area contributed by atoms with Gasteiger partial charge >= 0.3 is 0 Å². The smallest absolute Gasteiger partial charge is 0.258 e. The second-order valence-electron chi connectivity index (χ2n) is 5.73. The summed E-state index contributed by atoms with van der Waals surface area (Å²) in [6, 6.07) is 19.4. The van der Waals surface area contributed by atoms with Crippen LogP contribution in [0.2, 0.25) is 0 Å². The Balaban J connectivity index is 1.76. The number of amides is 1. The molecule has 3 rings (SSSR count). The van der Waals surface area contributed by atoms with E-state index < -0.39 is 0 Å². The molecule has 0 aliphatic carbocycles. The average molecular weight is 334 g/mol. The fraction of sp³-hybridized carbons (Fsp3) is 0.100. The molecule has 0 unspecified atom stereocenters. The third-order valence-electron chi connectivity index (χ3n) is 4.03. The van der Waals surface area contributed by atoms with Gasteiger partial charge < -0.3 is 5.32 Å². The molecule has 120 valence electrons. The lowest BCUT2D eigenvalue weighted by atomic mass is 10.0. The maximum absolute atomic E-state index is 12.5. The van der Waals surface area contributed by atoms with Gasteiger partial charge in [-0.05, 0) is 66.2 Å². The van der Waals surface area contributed by atoms with Crippen LogP contribution in [0.25, 0.3) is 10.8 Å². The van der Waals surface area contributed by atoms with Crippen LogP contribution < -0.4 is 10.6 Å². The van der Waals surface area contributed by atoms with Gasteiger partial charge in [0.15, 0.2) is 5.11 Å². The van der Waals surface area contributed by atoms with Gasteiger partial charge in [-0.2, -0.15) is 0 Å². The minimum atomic E-state index is -0.215. The van der Waals surface area contributed by atoms with Crippen molar-refractivity contribution in [2.75, 3.05) is 5.32 Å². The number of carbonyl (C=O) groups excluding carboxylic acids is 1. The Labute approximate surface area is 146 Å². The van der Waals surface area contributed by atoms with Crippen molar-refractivity contribution in [3.8, 4) is 0 Å². The molecule has 2 N–H and O–H groups in total. The zero-order valence-corrected chi connectivity index (χ0v) is 14.4. The number of rotatable bonds is 2. The molecule has 0 aliphatic heterocycles. The fourth-order valence-corrected chi connectivity index (χ4v) is 2.79. The van der Waals surface area contributed by atoms with Crippen molar-refractivity contribution in [3.05, 3.63) is 77.4 Å². The molecule has 0 saturated carbocycles. The molecule has 0 radical (unpaired) electrons. The Bertz CT molecular complexity index is 929. The van der Waals surface area contributed by atoms with Crippen LogP contribution in [0.1, 0.15) is 21.5 Å². The monoisotopic (exact) mass is 334 g/mol. The molecule has 24 heavy (non-hydrogen) atoms. The van der Waals surface area contributed by atoms with Crippen LogP contribution in [0, 0.1) is 13.8 Å². The number of carbonyl (C=O) groups is 1. The van der Waals surface area contributed by atoms with Crippen LogP contribution >= 0.6 is 12.2 Å². The summed E-state index contributed by atoms with van der Waals surface area (Å²) in [6.45, 7) is 4.10. The molecule has 3 aromatic carbocycles. The minimum Gasteiger partial charge on any atom is -0.332 e. The summed E-state index contributed by atoms with van der Waals surface area (Å²) in [7, 11) is 0. The van der Waals surface area contributed by atoms with E-state index in [9.17, 15) is 4.79 Å². The van der Waals surface area contributed by atoms with Gasteiger partial charge in [-0.25, -0.2) is 0 Å². The van der Waals surface area contributed by atoms with Gasteiger partial charge in [-0.3, -0.25) is 10.1 Å². The van der Waals surface area contributed by atoms with Crippen LogP contribution in [0.5, 0.6) is 0 Å². The largest absolute Gasteiger partial charge is 0.332 e. The maximum atomic E-state index is 12.5. The summed E-state index contributed by atoms with van der Waals surface area (Å²) >= 11 is 5.27.